The van der Waals surface area contributed by atoms with Crippen LogP contribution in [-0.2, 0) is 16.0 Å². The molecule has 0 atom stereocenters. The Hall–Kier alpha value is -3.62. The Kier molecular flexibility index (Phi) is 4.34. The lowest BCUT2D eigenvalue weighted by atomic mass is 10.1. The van der Waals surface area contributed by atoms with E-state index >= 15 is 0 Å². The third kappa shape index (κ3) is 3.22. The second kappa shape index (κ2) is 6.84. The van der Waals surface area contributed by atoms with Gasteiger partial charge in [-0.3, -0.25) is 14.5 Å². The Bertz CT molecular complexity index is 998. The van der Waals surface area contributed by atoms with E-state index in [1.54, 1.807) is 12.1 Å². The minimum atomic E-state index is -1.18. The first-order valence-electron chi connectivity index (χ1n) is 8.33. The Balaban J connectivity index is 1.42. The molecule has 0 saturated carbocycles. The van der Waals surface area contributed by atoms with Crippen molar-refractivity contribution < 1.29 is 33.0 Å². The number of carbonyl (C=O) groups excluding carboxylic acids is 2. The van der Waals surface area contributed by atoms with Gasteiger partial charge in [-0.25, -0.2) is 8.78 Å². The summed E-state index contributed by atoms with van der Waals surface area (Å²) in [6.07, 6.45) is 1.46. The maximum atomic E-state index is 13.4. The number of rotatable bonds is 5. The number of anilines is 1. The van der Waals surface area contributed by atoms with E-state index in [1.807, 2.05) is 6.07 Å². The van der Waals surface area contributed by atoms with Crippen LogP contribution in [0.25, 0.3) is 0 Å². The first-order chi connectivity index (χ1) is 13.4. The fourth-order valence-corrected chi connectivity index (χ4v) is 2.94. The molecule has 2 aliphatic heterocycles. The van der Waals surface area contributed by atoms with Crippen LogP contribution in [-0.4, -0.2) is 35.2 Å². The van der Waals surface area contributed by atoms with Gasteiger partial charge in [0.2, 0.25) is 6.79 Å². The molecule has 0 aromatic heterocycles. The predicted molar refractivity (Wildman–Crippen MR) is 92.7 cm³/mol. The van der Waals surface area contributed by atoms with Crippen molar-refractivity contribution in [2.24, 2.45) is 0 Å². The highest BCUT2D eigenvalue weighted by Crippen LogP contribution is 2.32. The van der Waals surface area contributed by atoms with E-state index in [4.69, 9.17) is 14.6 Å². The average Bonchev–Trinajstić information content (AvgIpc) is 3.22. The highest BCUT2D eigenvalue weighted by molar-refractivity contribution is 6.17. The van der Waals surface area contributed by atoms with E-state index in [-0.39, 0.29) is 24.7 Å². The monoisotopic (exact) mass is 388 g/mol. The van der Waals surface area contributed by atoms with E-state index in [2.05, 4.69) is 5.32 Å². The van der Waals surface area contributed by atoms with Crippen molar-refractivity contribution in [3.8, 4) is 17.2 Å². The summed E-state index contributed by atoms with van der Waals surface area (Å²) in [4.78, 5) is 25.6. The molecule has 7 nitrogen and oxygen atoms in total. The first kappa shape index (κ1) is 17.8. The molecule has 0 saturated heterocycles. The van der Waals surface area contributed by atoms with Crippen LogP contribution in [0.1, 0.15) is 5.56 Å². The van der Waals surface area contributed by atoms with Gasteiger partial charge < -0.3 is 19.9 Å². The van der Waals surface area contributed by atoms with Gasteiger partial charge in [0.1, 0.15) is 5.70 Å². The highest BCUT2D eigenvalue weighted by atomic mass is 19.1. The van der Waals surface area contributed by atoms with E-state index in [1.165, 1.54) is 0 Å². The third-order valence-electron chi connectivity index (χ3n) is 4.37. The summed E-state index contributed by atoms with van der Waals surface area (Å²) >= 11 is 0. The van der Waals surface area contributed by atoms with Gasteiger partial charge in [0.05, 0.1) is 0 Å². The average molecular weight is 388 g/mol. The number of aromatic hydroxyl groups is 1. The van der Waals surface area contributed by atoms with Crippen LogP contribution in [0.15, 0.2) is 42.1 Å². The van der Waals surface area contributed by atoms with E-state index in [9.17, 15) is 18.4 Å². The van der Waals surface area contributed by atoms with E-state index < -0.39 is 29.2 Å². The summed E-state index contributed by atoms with van der Waals surface area (Å²) in [5, 5.41) is 11.6. The minimum Gasteiger partial charge on any atom is -0.503 e. The Morgan fingerprint density at radius 1 is 1.07 bits per heavy atom. The largest absolute Gasteiger partial charge is 0.503 e. The summed E-state index contributed by atoms with van der Waals surface area (Å²) in [6.45, 7) is 0.274. The van der Waals surface area contributed by atoms with Gasteiger partial charge in [0, 0.05) is 30.4 Å². The van der Waals surface area contributed by atoms with E-state index in [0.29, 0.717) is 17.9 Å². The van der Waals surface area contributed by atoms with Gasteiger partial charge in [-0.05, 0) is 24.1 Å². The number of imide groups is 1. The molecule has 2 aliphatic rings. The molecule has 4 rings (SSSR count). The number of phenols is 1. The summed E-state index contributed by atoms with van der Waals surface area (Å²) in [5.41, 5.74) is 0.645. The number of phenolic OH excluding ortho intramolecular Hbond substituents is 1. The fourth-order valence-electron chi connectivity index (χ4n) is 2.94. The quantitative estimate of drug-likeness (QED) is 0.604. The molecule has 2 amide bonds. The number of hydrogen-bond acceptors (Lipinski definition) is 6. The van der Waals surface area contributed by atoms with Crippen molar-refractivity contribution in [2.45, 2.75) is 6.42 Å². The van der Waals surface area contributed by atoms with Crippen molar-refractivity contribution >= 4 is 17.5 Å². The molecule has 144 valence electrons. The SMILES string of the molecule is O=C1C=C(Nc2cc(F)c(O)c(F)c2)C(=O)N1CCc1ccc2c(c1)OCO2. The van der Waals surface area contributed by atoms with Crippen molar-refractivity contribution in [1.29, 1.82) is 0 Å². The van der Waals surface area contributed by atoms with Crippen LogP contribution in [0, 0.1) is 11.6 Å². The van der Waals surface area contributed by atoms with Gasteiger partial charge in [0.25, 0.3) is 11.8 Å². The van der Waals surface area contributed by atoms with Gasteiger partial charge in [-0.15, -0.1) is 0 Å². The molecule has 0 radical (unpaired) electrons. The van der Waals surface area contributed by atoms with Crippen LogP contribution in [0.5, 0.6) is 17.2 Å². The second-order valence-corrected chi connectivity index (χ2v) is 6.20. The van der Waals surface area contributed by atoms with Crippen LogP contribution >= 0.6 is 0 Å². The van der Waals surface area contributed by atoms with Gasteiger partial charge in [-0.2, -0.15) is 0 Å². The lowest BCUT2D eigenvalue weighted by Gasteiger charge is -2.15. The number of amides is 2. The summed E-state index contributed by atoms with van der Waals surface area (Å²) < 4.78 is 37.4. The predicted octanol–water partition coefficient (Wildman–Crippen LogP) is 2.31. The van der Waals surface area contributed by atoms with E-state index in [0.717, 1.165) is 28.7 Å². The molecule has 0 bridgehead atoms. The van der Waals surface area contributed by atoms with Crippen molar-refractivity contribution in [2.75, 3.05) is 18.7 Å². The third-order valence-corrected chi connectivity index (χ3v) is 4.37. The summed E-state index contributed by atoms with van der Waals surface area (Å²) in [7, 11) is 0. The zero-order valence-electron chi connectivity index (χ0n) is 14.4. The smallest absolute Gasteiger partial charge is 0.277 e. The zero-order chi connectivity index (χ0) is 19.8. The molecule has 28 heavy (non-hydrogen) atoms. The number of carbonyl (C=O) groups is 2. The lowest BCUT2D eigenvalue weighted by molar-refractivity contribution is -0.137. The maximum absolute atomic E-state index is 13.4. The van der Waals surface area contributed by atoms with Crippen LogP contribution < -0.4 is 14.8 Å². The molecule has 0 fully saturated rings. The number of hydrogen-bond donors (Lipinski definition) is 2. The second-order valence-electron chi connectivity index (χ2n) is 6.20. The standard InChI is InChI=1S/C19H14F2N2O5/c20-12-6-11(7-13(21)18(12)25)22-14-8-17(24)23(19(14)26)4-3-10-1-2-15-16(5-10)28-9-27-15/h1-2,5-8,22,25H,3-4,9H2. The van der Waals surface area contributed by atoms with Gasteiger partial charge in [0.15, 0.2) is 28.9 Å². The van der Waals surface area contributed by atoms with Crippen LogP contribution in [0.2, 0.25) is 0 Å². The molecule has 2 aromatic carbocycles. The van der Waals surface area contributed by atoms with Gasteiger partial charge in [-0.1, -0.05) is 6.07 Å². The normalized spacial score (nSPS) is 15.2. The number of nitrogens with zero attached hydrogens (tertiary/aromatic N) is 1. The molecule has 2 aromatic rings. The minimum absolute atomic E-state index is 0.0992. The molecule has 0 unspecified atom stereocenters. The van der Waals surface area contributed by atoms with Gasteiger partial charge >= 0.3 is 0 Å². The van der Waals surface area contributed by atoms with Crippen LogP contribution in [0.3, 0.4) is 0 Å². The molecular formula is C19H14F2N2O5. The topological polar surface area (TPSA) is 88.1 Å². The maximum Gasteiger partial charge on any atom is 0.277 e. The molecular weight excluding hydrogens is 374 g/mol. The summed E-state index contributed by atoms with van der Waals surface area (Å²) in [6, 6.07) is 7.00. The molecule has 2 N–H and O–H groups in total. The van der Waals surface area contributed by atoms with Crippen LogP contribution in [0.4, 0.5) is 14.5 Å². The number of halogens is 2. The number of ether oxygens (including phenoxy) is 2. The van der Waals surface area contributed by atoms with Crippen molar-refractivity contribution in [1.82, 2.24) is 4.90 Å². The van der Waals surface area contributed by atoms with Crippen molar-refractivity contribution in [3.05, 3.63) is 59.3 Å². The lowest BCUT2D eigenvalue weighted by Crippen LogP contribution is -2.33. The molecule has 0 spiro atoms. The number of fused-ring (bicyclic) bond motifs is 1. The molecule has 0 aliphatic carbocycles. The fraction of sp³-hybridized carbons (Fsp3) is 0.158. The Morgan fingerprint density at radius 2 is 1.79 bits per heavy atom. The zero-order valence-corrected chi connectivity index (χ0v) is 14.4. The number of benzene rings is 2. The van der Waals surface area contributed by atoms with Crippen molar-refractivity contribution in [3.63, 3.8) is 0 Å². The Morgan fingerprint density at radius 3 is 2.54 bits per heavy atom. The number of nitrogens with one attached hydrogen (secondary N) is 1. The molecule has 9 heteroatoms. The highest BCUT2D eigenvalue weighted by Gasteiger charge is 2.31. The summed E-state index contributed by atoms with van der Waals surface area (Å²) in [5.74, 6) is -3.38. The molecule has 2 heterocycles. The Labute approximate surface area is 157 Å². The first-order valence-corrected chi connectivity index (χ1v) is 8.33.